The molecule has 0 saturated heterocycles. The van der Waals surface area contributed by atoms with Crippen molar-refractivity contribution in [3.8, 4) is 5.75 Å². The Morgan fingerprint density at radius 3 is 2.34 bits per heavy atom. The van der Waals surface area contributed by atoms with E-state index in [1.807, 2.05) is 0 Å². The zero-order valence-electron chi connectivity index (χ0n) is 16.6. The Morgan fingerprint density at radius 2 is 1.84 bits per heavy atom. The number of rotatable bonds is 7. The number of hydrogen-bond donors (Lipinski definition) is 2. The van der Waals surface area contributed by atoms with Crippen molar-refractivity contribution >= 4 is 40.3 Å². The number of isothiocyanates is 1. The molecule has 0 bridgehead atoms. The Bertz CT molecular complexity index is 1010. The molecule has 0 spiro atoms. The lowest BCUT2D eigenvalue weighted by Crippen LogP contribution is -2.45. The molecule has 8 nitrogen and oxygen atoms in total. The second-order valence-corrected chi connectivity index (χ2v) is 6.38. The molecule has 0 aromatic heterocycles. The van der Waals surface area contributed by atoms with E-state index in [1.54, 1.807) is 12.1 Å². The summed E-state index contributed by atoms with van der Waals surface area (Å²) in [6.07, 6.45) is -5.01. The van der Waals surface area contributed by atoms with Crippen molar-refractivity contribution in [2.75, 3.05) is 19.1 Å². The van der Waals surface area contributed by atoms with Gasteiger partial charge in [-0.15, -0.1) is 0 Å². The molecule has 0 radical (unpaired) electrons. The van der Waals surface area contributed by atoms with Crippen LogP contribution in [0.1, 0.15) is 12.5 Å². The number of nitro benzene ring substituents is 1. The fourth-order valence-electron chi connectivity index (χ4n) is 2.22. The summed E-state index contributed by atoms with van der Waals surface area (Å²) < 4.78 is 54.0. The van der Waals surface area contributed by atoms with Gasteiger partial charge in [0.25, 0.3) is 11.6 Å². The zero-order valence-corrected chi connectivity index (χ0v) is 17.5. The van der Waals surface area contributed by atoms with E-state index < -0.39 is 40.5 Å². The minimum absolute atomic E-state index is 0.293. The molecule has 13 heteroatoms. The Morgan fingerprint density at radius 1 is 1.25 bits per heavy atom. The molecule has 0 aliphatic rings. The molecule has 1 atom stereocenters. The molecular formula is C19H17F4N3O5S. The van der Waals surface area contributed by atoms with Crippen LogP contribution in [0.5, 0.6) is 5.75 Å². The number of nitrogens with one attached hydrogen (secondary N) is 1. The van der Waals surface area contributed by atoms with Crippen molar-refractivity contribution in [3.05, 3.63) is 58.1 Å². The van der Waals surface area contributed by atoms with E-state index in [9.17, 15) is 37.6 Å². The highest BCUT2D eigenvalue weighted by atomic mass is 32.1. The van der Waals surface area contributed by atoms with Crippen molar-refractivity contribution < 1.29 is 37.1 Å². The van der Waals surface area contributed by atoms with Gasteiger partial charge in [-0.2, -0.15) is 18.2 Å². The van der Waals surface area contributed by atoms with E-state index in [2.05, 4.69) is 27.7 Å². The number of hydrogen-bond acceptors (Lipinski definition) is 7. The third-order valence-corrected chi connectivity index (χ3v) is 3.87. The maximum absolute atomic E-state index is 13.0. The zero-order chi connectivity index (χ0) is 24.5. The summed E-state index contributed by atoms with van der Waals surface area (Å²) in [7, 11) is 0.500. The van der Waals surface area contributed by atoms with Gasteiger partial charge in [-0.1, -0.05) is 0 Å². The van der Waals surface area contributed by atoms with Gasteiger partial charge >= 0.3 is 6.18 Å². The highest BCUT2D eigenvalue weighted by molar-refractivity contribution is 7.78. The number of nitro groups is 1. The average molecular weight is 475 g/mol. The number of carbonyl (C=O) groups is 1. The van der Waals surface area contributed by atoms with Crippen molar-refractivity contribution in [2.45, 2.75) is 18.7 Å². The summed E-state index contributed by atoms with van der Waals surface area (Å²) in [5.41, 5.74) is -4.66. The SMILES string of the molecule is CF.C[C@@](O)(COc1ccc(N=C=S)cc1)C(=O)Nc1ccc([N+](=O)[O-])c(C(F)(F)F)c1. The van der Waals surface area contributed by atoms with Gasteiger partial charge in [0, 0.05) is 11.8 Å². The van der Waals surface area contributed by atoms with Crippen molar-refractivity contribution in [2.24, 2.45) is 4.99 Å². The monoisotopic (exact) mass is 475 g/mol. The van der Waals surface area contributed by atoms with Crippen LogP contribution in [0.4, 0.5) is 34.6 Å². The number of aliphatic imine (C=N–C) groups is 1. The lowest BCUT2D eigenvalue weighted by Gasteiger charge is -2.23. The number of alkyl halides is 4. The summed E-state index contributed by atoms with van der Waals surface area (Å²) in [4.78, 5) is 25.6. The fraction of sp³-hybridized carbons (Fsp3) is 0.263. The van der Waals surface area contributed by atoms with E-state index in [0.29, 0.717) is 30.7 Å². The molecule has 2 rings (SSSR count). The number of carbonyl (C=O) groups excluding carboxylic acids is 1. The minimum Gasteiger partial charge on any atom is -0.490 e. The number of aliphatic hydroxyl groups is 1. The van der Waals surface area contributed by atoms with E-state index in [4.69, 9.17) is 4.74 Å². The lowest BCUT2D eigenvalue weighted by molar-refractivity contribution is -0.388. The van der Waals surface area contributed by atoms with Crippen molar-refractivity contribution in [1.82, 2.24) is 0 Å². The van der Waals surface area contributed by atoms with Crippen LogP contribution in [0.3, 0.4) is 0 Å². The first kappa shape index (κ1) is 26.6. The number of benzene rings is 2. The average Bonchev–Trinajstić information content (AvgIpc) is 2.74. The maximum atomic E-state index is 13.0. The van der Waals surface area contributed by atoms with Gasteiger partial charge in [0.2, 0.25) is 0 Å². The smallest absolute Gasteiger partial charge is 0.423 e. The maximum Gasteiger partial charge on any atom is 0.423 e. The first-order valence-corrected chi connectivity index (χ1v) is 8.93. The number of amides is 1. The van der Waals surface area contributed by atoms with E-state index in [0.717, 1.165) is 13.0 Å². The molecule has 32 heavy (non-hydrogen) atoms. The molecule has 0 fully saturated rings. The predicted molar refractivity (Wildman–Crippen MR) is 111 cm³/mol. The standard InChI is InChI=1S/C18H14F3N3O5S.CH3F/c1-17(26,9-29-13-5-2-11(3-6-13)22-10-30)16(25)23-12-4-7-15(24(27)28)14(8-12)18(19,20)21;1-2/h2-8,26H,9H2,1H3,(H,23,25);1H3/t17-;/m1./s1. The number of anilines is 1. The molecule has 172 valence electrons. The minimum atomic E-state index is -5.01. The van der Waals surface area contributed by atoms with Crippen molar-refractivity contribution in [1.29, 1.82) is 0 Å². The highest BCUT2D eigenvalue weighted by Crippen LogP contribution is 2.37. The Balaban J connectivity index is 0.00000249. The van der Waals surface area contributed by atoms with Gasteiger partial charge in [0.1, 0.15) is 17.9 Å². The van der Waals surface area contributed by atoms with Gasteiger partial charge in [0.15, 0.2) is 5.60 Å². The second kappa shape index (κ2) is 11.3. The molecule has 0 aliphatic carbocycles. The topological polar surface area (TPSA) is 114 Å². The van der Waals surface area contributed by atoms with Gasteiger partial charge in [-0.25, -0.2) is 0 Å². The number of halogens is 4. The Hall–Kier alpha value is -3.41. The van der Waals surface area contributed by atoms with Crippen LogP contribution < -0.4 is 10.1 Å². The number of thiocarbonyl (C=S) groups is 1. The van der Waals surface area contributed by atoms with Crippen LogP contribution in [-0.2, 0) is 11.0 Å². The summed E-state index contributed by atoms with van der Waals surface area (Å²) in [6, 6.07) is 8.09. The molecule has 0 unspecified atom stereocenters. The van der Waals surface area contributed by atoms with Crippen LogP contribution in [-0.4, -0.2) is 40.5 Å². The van der Waals surface area contributed by atoms with Gasteiger partial charge in [-0.3, -0.25) is 19.3 Å². The molecule has 2 N–H and O–H groups in total. The van der Waals surface area contributed by atoms with Crippen LogP contribution >= 0.6 is 12.2 Å². The second-order valence-electron chi connectivity index (χ2n) is 6.20. The molecule has 2 aromatic rings. The molecule has 2 aromatic carbocycles. The molecular weight excluding hydrogens is 458 g/mol. The normalized spacial score (nSPS) is 12.3. The fourth-order valence-corrected chi connectivity index (χ4v) is 2.33. The summed E-state index contributed by atoms with van der Waals surface area (Å²) >= 11 is 4.48. The van der Waals surface area contributed by atoms with Gasteiger partial charge < -0.3 is 15.2 Å². The number of nitrogens with zero attached hydrogens (tertiary/aromatic N) is 2. The summed E-state index contributed by atoms with van der Waals surface area (Å²) in [5.74, 6) is -0.771. The van der Waals surface area contributed by atoms with Gasteiger partial charge in [-0.05, 0) is 55.5 Å². The Kier molecular flexibility index (Phi) is 9.38. The van der Waals surface area contributed by atoms with Crippen LogP contribution in [0.15, 0.2) is 47.5 Å². The van der Waals surface area contributed by atoms with Crippen LogP contribution in [0, 0.1) is 10.1 Å². The molecule has 0 heterocycles. The third kappa shape index (κ3) is 7.38. The third-order valence-electron chi connectivity index (χ3n) is 3.78. The van der Waals surface area contributed by atoms with E-state index >= 15 is 0 Å². The summed E-state index contributed by atoms with van der Waals surface area (Å²) in [5, 5.41) is 25.4. The lowest BCUT2D eigenvalue weighted by atomic mass is 10.1. The molecule has 1 amide bonds. The van der Waals surface area contributed by atoms with E-state index in [1.165, 1.54) is 12.1 Å². The van der Waals surface area contributed by atoms with Crippen LogP contribution in [0.25, 0.3) is 0 Å². The Labute approximate surface area is 184 Å². The molecule has 0 aliphatic heterocycles. The molecule has 0 saturated carbocycles. The largest absolute Gasteiger partial charge is 0.490 e. The van der Waals surface area contributed by atoms with Crippen molar-refractivity contribution in [3.63, 3.8) is 0 Å². The first-order chi connectivity index (χ1) is 14.9. The van der Waals surface area contributed by atoms with Crippen LogP contribution in [0.2, 0.25) is 0 Å². The quantitative estimate of drug-likeness (QED) is 0.197. The highest BCUT2D eigenvalue weighted by Gasteiger charge is 2.39. The number of ether oxygens (including phenoxy) is 1. The van der Waals surface area contributed by atoms with E-state index in [-0.39, 0.29) is 5.69 Å². The predicted octanol–water partition coefficient (Wildman–Crippen LogP) is 4.70. The first-order valence-electron chi connectivity index (χ1n) is 8.52. The van der Waals surface area contributed by atoms with Gasteiger partial charge in [0.05, 0.1) is 22.9 Å². The summed E-state index contributed by atoms with van der Waals surface area (Å²) in [6.45, 7) is 0.580.